The van der Waals surface area contributed by atoms with Crippen LogP contribution in [0.2, 0.25) is 0 Å². The van der Waals surface area contributed by atoms with Crippen molar-refractivity contribution in [2.45, 2.75) is 44.9 Å². The first-order valence-corrected chi connectivity index (χ1v) is 8.28. The third-order valence-corrected chi connectivity index (χ3v) is 4.41. The third-order valence-electron chi connectivity index (χ3n) is 4.41. The first-order valence-electron chi connectivity index (χ1n) is 8.28. The topological polar surface area (TPSA) is 132 Å². The first kappa shape index (κ1) is 17.9. The molecule has 3 saturated heterocycles. The number of ether oxygens (including phenoxy) is 1. The number of carbonyl (C=O) groups excluding carboxylic acids is 2. The number of amides is 2. The molecule has 0 radical (unpaired) electrons. The fourth-order valence-corrected chi connectivity index (χ4v) is 3.36. The summed E-state index contributed by atoms with van der Waals surface area (Å²) in [7, 11) is 0. The number of anilines is 1. The fourth-order valence-electron chi connectivity index (χ4n) is 3.36. The Labute approximate surface area is 150 Å². The molecule has 0 saturated carbocycles. The lowest BCUT2D eigenvalue weighted by molar-refractivity contribution is -0.385. The molecule has 2 bridgehead atoms. The Bertz CT molecular complexity index is 763. The van der Waals surface area contributed by atoms with Gasteiger partial charge in [-0.15, -0.1) is 0 Å². The van der Waals surface area contributed by atoms with Gasteiger partial charge in [-0.1, -0.05) is 0 Å². The van der Waals surface area contributed by atoms with Crippen LogP contribution in [0.5, 0.6) is 0 Å². The Balaban J connectivity index is 1.75. The van der Waals surface area contributed by atoms with Gasteiger partial charge in [0.05, 0.1) is 17.0 Å². The summed E-state index contributed by atoms with van der Waals surface area (Å²) in [5.74, 6) is -0.515. The zero-order valence-electron chi connectivity index (χ0n) is 14.8. The van der Waals surface area contributed by atoms with Crippen LogP contribution in [0.1, 0.15) is 37.7 Å². The van der Waals surface area contributed by atoms with E-state index in [1.165, 1.54) is 12.1 Å². The van der Waals surface area contributed by atoms with E-state index in [-0.39, 0.29) is 23.9 Å². The standard InChI is InChI=1S/C16H21N5O5/c1-16(2,3)26-15(23)20-9-6-10(20)8-19(7-9)12-5-4-11(21(24)25)13(18-12)14(17)22/h4-5,9-10H,6-8H2,1-3H3,(H2,17,22). The molecular formula is C16H21N5O5. The molecule has 2 amide bonds. The zero-order chi connectivity index (χ0) is 19.2. The van der Waals surface area contributed by atoms with Crippen LogP contribution in [0.4, 0.5) is 16.3 Å². The van der Waals surface area contributed by atoms with E-state index in [2.05, 4.69) is 4.98 Å². The van der Waals surface area contributed by atoms with Crippen LogP contribution in [-0.4, -0.2) is 57.6 Å². The van der Waals surface area contributed by atoms with Gasteiger partial charge in [0, 0.05) is 19.2 Å². The molecule has 3 aliphatic rings. The Kier molecular flexibility index (Phi) is 4.21. The number of fused-ring (bicyclic) bond motifs is 2. The quantitative estimate of drug-likeness (QED) is 0.632. The van der Waals surface area contributed by atoms with Crippen molar-refractivity contribution >= 4 is 23.5 Å². The molecule has 10 heteroatoms. The Morgan fingerprint density at radius 2 is 1.92 bits per heavy atom. The minimum Gasteiger partial charge on any atom is -0.444 e. The normalized spacial score (nSPS) is 21.8. The number of aromatic nitrogens is 1. The van der Waals surface area contributed by atoms with Crippen molar-refractivity contribution in [1.29, 1.82) is 0 Å². The highest BCUT2D eigenvalue weighted by Crippen LogP contribution is 2.35. The lowest BCUT2D eigenvalue weighted by Crippen LogP contribution is -2.70. The van der Waals surface area contributed by atoms with E-state index in [0.29, 0.717) is 18.9 Å². The van der Waals surface area contributed by atoms with Crippen molar-refractivity contribution in [2.24, 2.45) is 5.73 Å². The molecule has 3 fully saturated rings. The molecule has 10 nitrogen and oxygen atoms in total. The number of pyridine rings is 1. The molecule has 2 atom stereocenters. The molecule has 140 valence electrons. The minimum absolute atomic E-state index is 0.0161. The van der Waals surface area contributed by atoms with Crippen molar-refractivity contribution in [1.82, 2.24) is 9.88 Å². The van der Waals surface area contributed by atoms with Crippen LogP contribution in [0.25, 0.3) is 0 Å². The van der Waals surface area contributed by atoms with Crippen molar-refractivity contribution in [2.75, 3.05) is 18.0 Å². The SMILES string of the molecule is CC(C)(C)OC(=O)N1C2CC1CN(c1ccc([N+](=O)[O-])c(C(N)=O)n1)C2. The Hall–Kier alpha value is -2.91. The van der Waals surface area contributed by atoms with Crippen molar-refractivity contribution in [3.63, 3.8) is 0 Å². The molecule has 1 aromatic rings. The predicted octanol–water partition coefficient (Wildman–Crippen LogP) is 1.29. The van der Waals surface area contributed by atoms with Gasteiger partial charge in [-0.2, -0.15) is 0 Å². The van der Waals surface area contributed by atoms with E-state index in [4.69, 9.17) is 10.5 Å². The molecule has 1 aromatic heterocycles. The van der Waals surface area contributed by atoms with Crippen LogP contribution in [0, 0.1) is 10.1 Å². The van der Waals surface area contributed by atoms with Crippen LogP contribution >= 0.6 is 0 Å². The van der Waals surface area contributed by atoms with Crippen molar-refractivity contribution < 1.29 is 19.2 Å². The van der Waals surface area contributed by atoms with Crippen LogP contribution in [-0.2, 0) is 4.74 Å². The van der Waals surface area contributed by atoms with Gasteiger partial charge in [0.25, 0.3) is 5.91 Å². The summed E-state index contributed by atoms with van der Waals surface area (Å²) in [4.78, 5) is 41.8. The number of nitrogens with two attached hydrogens (primary N) is 1. The van der Waals surface area contributed by atoms with E-state index in [9.17, 15) is 19.7 Å². The maximum absolute atomic E-state index is 12.3. The van der Waals surface area contributed by atoms with Gasteiger partial charge in [-0.05, 0) is 33.3 Å². The van der Waals surface area contributed by atoms with Gasteiger partial charge >= 0.3 is 11.8 Å². The number of piperidine rings is 1. The van der Waals surface area contributed by atoms with Crippen molar-refractivity contribution in [3.8, 4) is 0 Å². The second kappa shape index (κ2) is 6.11. The first-order chi connectivity index (χ1) is 12.1. The highest BCUT2D eigenvalue weighted by Gasteiger charge is 2.49. The average molecular weight is 363 g/mol. The summed E-state index contributed by atoms with van der Waals surface area (Å²) in [6.45, 7) is 6.48. The molecule has 0 spiro atoms. The number of piperazine rings is 1. The Morgan fingerprint density at radius 1 is 1.31 bits per heavy atom. The minimum atomic E-state index is -0.948. The molecule has 4 rings (SSSR count). The monoisotopic (exact) mass is 363 g/mol. The van der Waals surface area contributed by atoms with Gasteiger partial charge in [-0.3, -0.25) is 19.8 Å². The summed E-state index contributed by atoms with van der Waals surface area (Å²) in [5.41, 5.74) is 3.87. The van der Waals surface area contributed by atoms with Gasteiger partial charge in [0.15, 0.2) is 0 Å². The third kappa shape index (κ3) is 3.26. The van der Waals surface area contributed by atoms with Crippen LogP contribution in [0.3, 0.4) is 0 Å². The summed E-state index contributed by atoms with van der Waals surface area (Å²) in [6.07, 6.45) is 0.527. The molecular weight excluding hydrogens is 342 g/mol. The second-order valence-corrected chi connectivity index (χ2v) is 7.49. The summed E-state index contributed by atoms with van der Waals surface area (Å²) >= 11 is 0. The lowest BCUT2D eigenvalue weighted by atomic mass is 9.88. The molecule has 2 N–H and O–H groups in total. The molecule has 4 heterocycles. The van der Waals surface area contributed by atoms with Crippen LogP contribution < -0.4 is 10.6 Å². The lowest BCUT2D eigenvalue weighted by Gasteiger charge is -2.56. The number of primary amides is 1. The number of hydrogen-bond acceptors (Lipinski definition) is 7. The average Bonchev–Trinajstić information content (AvgIpc) is 2.52. The smallest absolute Gasteiger partial charge is 0.410 e. The highest BCUT2D eigenvalue weighted by molar-refractivity contribution is 5.95. The van der Waals surface area contributed by atoms with Gasteiger partial charge in [-0.25, -0.2) is 9.78 Å². The highest BCUT2D eigenvalue weighted by atomic mass is 16.6. The number of nitrogens with zero attached hydrogens (tertiary/aromatic N) is 4. The van der Waals surface area contributed by atoms with E-state index in [1.807, 2.05) is 25.7 Å². The van der Waals surface area contributed by atoms with E-state index in [1.54, 1.807) is 4.90 Å². The molecule has 26 heavy (non-hydrogen) atoms. The number of hydrogen-bond donors (Lipinski definition) is 1. The summed E-state index contributed by atoms with van der Waals surface area (Å²) in [6, 6.07) is 2.69. The fraction of sp³-hybridized carbons (Fsp3) is 0.562. The van der Waals surface area contributed by atoms with Crippen LogP contribution in [0.15, 0.2) is 12.1 Å². The predicted molar refractivity (Wildman–Crippen MR) is 91.9 cm³/mol. The van der Waals surface area contributed by atoms with E-state index >= 15 is 0 Å². The van der Waals surface area contributed by atoms with Gasteiger partial charge in [0.2, 0.25) is 5.69 Å². The number of rotatable bonds is 3. The molecule has 2 unspecified atom stereocenters. The second-order valence-electron chi connectivity index (χ2n) is 7.49. The van der Waals surface area contributed by atoms with Gasteiger partial charge < -0.3 is 15.4 Å². The maximum Gasteiger partial charge on any atom is 0.410 e. The van der Waals surface area contributed by atoms with E-state index < -0.39 is 22.1 Å². The molecule has 0 aromatic carbocycles. The largest absolute Gasteiger partial charge is 0.444 e. The van der Waals surface area contributed by atoms with E-state index in [0.717, 1.165) is 6.42 Å². The summed E-state index contributed by atoms with van der Waals surface area (Å²) < 4.78 is 5.43. The number of carbonyl (C=O) groups is 2. The molecule has 0 aliphatic carbocycles. The zero-order valence-corrected chi connectivity index (χ0v) is 14.8. The maximum atomic E-state index is 12.3. The molecule has 3 aliphatic heterocycles. The van der Waals surface area contributed by atoms with Crippen molar-refractivity contribution in [3.05, 3.63) is 27.9 Å². The Morgan fingerprint density at radius 3 is 2.42 bits per heavy atom. The summed E-state index contributed by atoms with van der Waals surface area (Å²) in [5, 5.41) is 11.0. The number of nitro groups is 1. The van der Waals surface area contributed by atoms with Gasteiger partial charge in [0.1, 0.15) is 11.4 Å².